The second kappa shape index (κ2) is 12.3. The maximum atomic E-state index is 16.0. The predicted octanol–water partition coefficient (Wildman–Crippen LogP) is 5.02. The smallest absolute Gasteiger partial charge is 0.495 e. The molecule has 4 atom stereocenters. The van der Waals surface area contributed by atoms with E-state index in [-0.39, 0.29) is 30.2 Å². The number of rotatable bonds is 8. The van der Waals surface area contributed by atoms with Crippen molar-refractivity contribution in [2.24, 2.45) is 0 Å². The monoisotopic (exact) mass is 668 g/mol. The molecule has 2 N–H and O–H groups in total. The molecule has 4 unspecified atom stereocenters. The van der Waals surface area contributed by atoms with Crippen molar-refractivity contribution in [2.45, 2.75) is 36.2 Å². The number of hydrogen-bond donors (Lipinski definition) is 2. The number of aromatic nitrogens is 1. The third kappa shape index (κ3) is 4.59. The Kier molecular flexibility index (Phi) is 8.32. The van der Waals surface area contributed by atoms with Crippen molar-refractivity contribution in [3.05, 3.63) is 108 Å². The summed E-state index contributed by atoms with van der Waals surface area (Å²) in [4.78, 5) is 35.0. The number of amides is 2. The molecule has 1 saturated heterocycles. The largest absolute Gasteiger partial charge is 0.537 e. The van der Waals surface area contributed by atoms with E-state index in [4.69, 9.17) is 9.47 Å². The lowest BCUT2D eigenvalue weighted by Crippen LogP contribution is -2.79. The molecule has 12 nitrogen and oxygen atoms in total. The molecule has 0 aliphatic carbocycles. The van der Waals surface area contributed by atoms with Crippen molar-refractivity contribution in [3.8, 4) is 17.6 Å². The van der Waals surface area contributed by atoms with Crippen LogP contribution < -0.4 is 19.7 Å². The minimum Gasteiger partial charge on any atom is -0.495 e. The highest BCUT2D eigenvalue weighted by Gasteiger charge is 2.75. The topological polar surface area (TPSA) is 159 Å². The molecule has 2 amide bonds. The SMILES string of the molecule is CCOc1ccccc1C1(C2CNc3ccccc32)C(=O)[N+](C(=O)O)(S(=O)(=O)c2ccc(C)cc2OC)CC(C#N)N1c1ccncc1. The number of carbonyl (C=O) groups excluding carboxylic acids is 1. The summed E-state index contributed by atoms with van der Waals surface area (Å²) in [6.07, 6.45) is 1.04. The minimum absolute atomic E-state index is 0.110. The number of pyridine rings is 1. The molecule has 0 spiro atoms. The number of nitrogens with zero attached hydrogens (tertiary/aromatic N) is 4. The van der Waals surface area contributed by atoms with Crippen molar-refractivity contribution in [2.75, 3.05) is 37.0 Å². The Morgan fingerprint density at radius 1 is 1.10 bits per heavy atom. The average molecular weight is 669 g/mol. The lowest BCUT2D eigenvalue weighted by Gasteiger charge is -2.54. The van der Waals surface area contributed by atoms with Crippen LogP contribution in [0.4, 0.5) is 16.2 Å². The number of nitriles is 1. The van der Waals surface area contributed by atoms with Crippen molar-refractivity contribution in [3.63, 3.8) is 0 Å². The number of anilines is 2. The van der Waals surface area contributed by atoms with Crippen molar-refractivity contribution in [1.82, 2.24) is 4.98 Å². The molecular weight excluding hydrogens is 634 g/mol. The van der Waals surface area contributed by atoms with Crippen molar-refractivity contribution >= 4 is 33.4 Å². The fourth-order valence-corrected chi connectivity index (χ4v) is 8.99. The number of hydrogen-bond acceptors (Lipinski definition) is 10. The first-order valence-electron chi connectivity index (χ1n) is 15.3. The van der Waals surface area contributed by atoms with Gasteiger partial charge in [0.1, 0.15) is 18.0 Å². The summed E-state index contributed by atoms with van der Waals surface area (Å²) in [7, 11) is -3.91. The fraction of sp³-hybridized carbons (Fsp3) is 0.257. The minimum atomic E-state index is -5.18. The van der Waals surface area contributed by atoms with Crippen LogP contribution >= 0.6 is 0 Å². The summed E-state index contributed by atoms with van der Waals surface area (Å²) >= 11 is 0. The van der Waals surface area contributed by atoms with Crippen molar-refractivity contribution in [1.29, 1.82) is 5.26 Å². The van der Waals surface area contributed by atoms with Gasteiger partial charge in [-0.25, -0.2) is 4.79 Å². The normalized spacial score (nSPS) is 23.5. The average Bonchev–Trinajstić information content (AvgIpc) is 3.53. The van der Waals surface area contributed by atoms with Crippen molar-refractivity contribution < 1.29 is 36.5 Å². The lowest BCUT2D eigenvalue weighted by atomic mass is 9.70. The number of fused-ring (bicyclic) bond motifs is 1. The third-order valence-corrected chi connectivity index (χ3v) is 11.3. The highest BCUT2D eigenvalue weighted by atomic mass is 32.2. The summed E-state index contributed by atoms with van der Waals surface area (Å²) in [5.41, 5.74) is 0.429. The summed E-state index contributed by atoms with van der Waals surface area (Å²) < 4.78 is 39.5. The van der Waals surface area contributed by atoms with Crippen LogP contribution in [-0.4, -0.2) is 67.2 Å². The lowest BCUT2D eigenvalue weighted by molar-refractivity contribution is -0.660. The van der Waals surface area contributed by atoms with Gasteiger partial charge in [-0.2, -0.15) is 18.5 Å². The van der Waals surface area contributed by atoms with Gasteiger partial charge in [0.05, 0.1) is 19.8 Å². The summed E-state index contributed by atoms with van der Waals surface area (Å²) in [6, 6.07) is 22.1. The molecule has 4 aromatic rings. The summed E-state index contributed by atoms with van der Waals surface area (Å²) in [5, 5.41) is 25.4. The second-order valence-corrected chi connectivity index (χ2v) is 13.6. The molecular formula is C35H34N5O7S+. The first kappa shape index (κ1) is 32.5. The molecule has 2 aliphatic heterocycles. The molecule has 1 aromatic heterocycles. The number of quaternary nitrogens is 1. The highest BCUT2D eigenvalue weighted by Crippen LogP contribution is 2.56. The maximum absolute atomic E-state index is 16.0. The number of sulfonamides is 1. The van der Waals surface area contributed by atoms with E-state index in [0.29, 0.717) is 22.5 Å². The van der Waals surface area contributed by atoms with Crippen LogP contribution in [0.2, 0.25) is 0 Å². The number of para-hydroxylation sites is 2. The van der Waals surface area contributed by atoms with Gasteiger partial charge in [0.2, 0.25) is 0 Å². The number of ether oxygens (including phenoxy) is 2. The van der Waals surface area contributed by atoms with Gasteiger partial charge < -0.3 is 24.8 Å². The van der Waals surface area contributed by atoms with E-state index in [1.165, 1.54) is 37.7 Å². The van der Waals surface area contributed by atoms with Crippen LogP contribution in [0.25, 0.3) is 0 Å². The number of carboxylic acid groups (broad SMARTS) is 1. The molecule has 1 fully saturated rings. The van der Waals surface area contributed by atoms with Gasteiger partial charge in [-0.05, 0) is 65.3 Å². The first-order valence-corrected chi connectivity index (χ1v) is 16.7. The predicted molar refractivity (Wildman–Crippen MR) is 176 cm³/mol. The Hall–Kier alpha value is -5.45. The zero-order valence-electron chi connectivity index (χ0n) is 26.5. The molecule has 3 aromatic carbocycles. The van der Waals surface area contributed by atoms with Crippen LogP contribution in [0.15, 0.2) is 96.2 Å². The molecule has 0 radical (unpaired) electrons. The van der Waals surface area contributed by atoms with Crippen LogP contribution in [0.3, 0.4) is 0 Å². The Bertz CT molecular complexity index is 2050. The number of methoxy groups -OCH3 is 1. The van der Waals surface area contributed by atoms with E-state index in [9.17, 15) is 15.2 Å². The number of benzene rings is 3. The van der Waals surface area contributed by atoms with E-state index in [2.05, 4.69) is 16.4 Å². The van der Waals surface area contributed by atoms with E-state index in [0.717, 1.165) is 0 Å². The van der Waals surface area contributed by atoms with Gasteiger partial charge in [-0.3, -0.25) is 4.98 Å². The van der Waals surface area contributed by atoms with E-state index in [1.807, 2.05) is 18.2 Å². The molecule has 48 heavy (non-hydrogen) atoms. The van der Waals surface area contributed by atoms with Crippen LogP contribution in [0.5, 0.6) is 11.5 Å². The number of imide groups is 1. The molecule has 0 saturated carbocycles. The quantitative estimate of drug-likeness (QED) is 0.243. The number of aryl methyl sites for hydroxylation is 1. The molecule has 3 heterocycles. The third-order valence-electron chi connectivity index (χ3n) is 9.12. The molecule has 6 rings (SSSR count). The highest BCUT2D eigenvalue weighted by molar-refractivity contribution is 7.86. The maximum Gasteiger partial charge on any atom is 0.537 e. The number of carbonyl (C=O) groups is 2. The molecule has 246 valence electrons. The van der Waals surface area contributed by atoms with E-state index >= 15 is 13.2 Å². The van der Waals surface area contributed by atoms with Gasteiger partial charge in [-0.1, -0.05) is 42.5 Å². The fourth-order valence-electron chi connectivity index (χ4n) is 7.12. The molecule has 2 aliphatic rings. The zero-order valence-corrected chi connectivity index (χ0v) is 27.3. The number of nitrogens with one attached hydrogen (secondary N) is 1. The van der Waals surface area contributed by atoms with E-state index in [1.54, 1.807) is 61.2 Å². The van der Waals surface area contributed by atoms with Gasteiger partial charge in [0.15, 0.2) is 16.5 Å². The second-order valence-electron chi connectivity index (χ2n) is 11.6. The number of piperazine rings is 1. The Labute approximate surface area is 278 Å². The molecule has 0 bridgehead atoms. The first-order chi connectivity index (χ1) is 23.1. The van der Waals surface area contributed by atoms with Crippen LogP contribution in [0, 0.1) is 18.3 Å². The van der Waals surface area contributed by atoms with E-state index < -0.39 is 54.9 Å². The molecule has 13 heteroatoms. The Balaban J connectivity index is 1.80. The summed E-state index contributed by atoms with van der Waals surface area (Å²) in [5.74, 6) is -1.97. The van der Waals surface area contributed by atoms with Gasteiger partial charge >= 0.3 is 22.0 Å². The Morgan fingerprint density at radius 2 is 1.81 bits per heavy atom. The van der Waals surface area contributed by atoms with Crippen LogP contribution in [-0.2, 0) is 20.4 Å². The Morgan fingerprint density at radius 3 is 2.50 bits per heavy atom. The standard InChI is InChI=1S/C35H33N5O7S/c1-4-47-30-12-8-6-10-27(30)35(28-21-38-29-11-7-5-9-26(28)29)33(41)40(34(42)43,22-25(20-36)39(35)24-15-17-37-18-16-24)48(44,45)32-14-13-23(2)19-31(32)46-3/h5-19,25,28,38H,4,21-22H2,1-3H3/p+1. The van der Waals surface area contributed by atoms with Gasteiger partial charge in [-0.15, -0.1) is 0 Å². The van der Waals surface area contributed by atoms with Crippen LogP contribution in [0.1, 0.15) is 29.5 Å². The van der Waals surface area contributed by atoms with Gasteiger partial charge in [0.25, 0.3) is 0 Å². The zero-order chi connectivity index (χ0) is 34.3. The van der Waals surface area contributed by atoms with Gasteiger partial charge in [0, 0.05) is 41.8 Å². The summed E-state index contributed by atoms with van der Waals surface area (Å²) in [6.45, 7) is 2.87.